The highest BCUT2D eigenvalue weighted by Crippen LogP contribution is 2.40. The van der Waals surface area contributed by atoms with Gasteiger partial charge in [0.25, 0.3) is 0 Å². The van der Waals surface area contributed by atoms with Gasteiger partial charge in [-0.15, -0.1) is 0 Å². The van der Waals surface area contributed by atoms with Gasteiger partial charge in [-0.2, -0.15) is 0 Å². The summed E-state index contributed by atoms with van der Waals surface area (Å²) < 4.78 is 16.4. The van der Waals surface area contributed by atoms with Crippen molar-refractivity contribution in [2.24, 2.45) is 12.8 Å². The highest BCUT2D eigenvalue weighted by atomic mass is 19.1. The van der Waals surface area contributed by atoms with E-state index in [4.69, 9.17) is 5.73 Å². The van der Waals surface area contributed by atoms with Crippen molar-refractivity contribution < 1.29 is 4.39 Å². The Morgan fingerprint density at radius 3 is 2.60 bits per heavy atom. The zero-order valence-electron chi connectivity index (χ0n) is 12.4. The number of benzene rings is 1. The van der Waals surface area contributed by atoms with E-state index in [0.717, 1.165) is 29.4 Å². The second-order valence-electron chi connectivity index (χ2n) is 6.32. The van der Waals surface area contributed by atoms with Gasteiger partial charge in [0.2, 0.25) is 0 Å². The summed E-state index contributed by atoms with van der Waals surface area (Å²) in [6, 6.07) is 3.89. The van der Waals surface area contributed by atoms with Gasteiger partial charge in [-0.25, -0.2) is 4.39 Å². The molecule has 0 amide bonds. The van der Waals surface area contributed by atoms with Gasteiger partial charge in [0.05, 0.1) is 5.52 Å². The maximum Gasteiger partial charge on any atom is 0.147 e. The summed E-state index contributed by atoms with van der Waals surface area (Å²) >= 11 is 0. The second kappa shape index (κ2) is 4.88. The molecule has 1 aromatic carbocycles. The van der Waals surface area contributed by atoms with Crippen molar-refractivity contribution in [1.29, 1.82) is 0 Å². The van der Waals surface area contributed by atoms with Crippen LogP contribution in [0.5, 0.6) is 0 Å². The average Bonchev–Trinajstić information content (AvgIpc) is 2.75. The number of aryl methyl sites for hydroxylation is 2. The van der Waals surface area contributed by atoms with Crippen LogP contribution in [0, 0.1) is 12.7 Å². The van der Waals surface area contributed by atoms with Crippen LogP contribution in [-0.4, -0.2) is 11.1 Å². The molecule has 1 aliphatic carbocycles. The van der Waals surface area contributed by atoms with Gasteiger partial charge >= 0.3 is 0 Å². The molecule has 1 saturated carbocycles. The van der Waals surface area contributed by atoms with Crippen LogP contribution in [0.1, 0.15) is 43.2 Å². The quantitative estimate of drug-likeness (QED) is 0.887. The van der Waals surface area contributed by atoms with Crippen molar-refractivity contribution in [2.75, 3.05) is 6.54 Å². The lowest BCUT2D eigenvalue weighted by Crippen LogP contribution is -2.37. The van der Waals surface area contributed by atoms with Gasteiger partial charge in [-0.3, -0.25) is 0 Å². The Kier molecular flexibility index (Phi) is 3.33. The van der Waals surface area contributed by atoms with Crippen molar-refractivity contribution in [1.82, 2.24) is 4.57 Å². The molecule has 2 nitrogen and oxygen atoms in total. The maximum atomic E-state index is 14.5. The molecule has 1 heterocycles. The van der Waals surface area contributed by atoms with Crippen molar-refractivity contribution in [3.05, 3.63) is 35.3 Å². The molecular weight excluding hydrogens is 251 g/mol. The SMILES string of the molecule is Cc1cn(C)c2c(F)cc(C3(CN)CCCCC3)cc12. The van der Waals surface area contributed by atoms with E-state index in [-0.39, 0.29) is 11.2 Å². The normalized spacial score (nSPS) is 18.6. The molecule has 0 bridgehead atoms. The molecule has 0 unspecified atom stereocenters. The minimum atomic E-state index is -0.119. The number of nitrogens with two attached hydrogens (primary N) is 1. The van der Waals surface area contributed by atoms with E-state index in [1.807, 2.05) is 24.7 Å². The molecule has 108 valence electrons. The van der Waals surface area contributed by atoms with E-state index in [9.17, 15) is 4.39 Å². The summed E-state index contributed by atoms with van der Waals surface area (Å²) in [6.45, 7) is 2.66. The molecule has 0 radical (unpaired) electrons. The van der Waals surface area contributed by atoms with Crippen LogP contribution in [0.2, 0.25) is 0 Å². The molecule has 1 aliphatic rings. The van der Waals surface area contributed by atoms with Gasteiger partial charge in [0.1, 0.15) is 5.82 Å². The molecule has 3 heteroatoms. The van der Waals surface area contributed by atoms with Gasteiger partial charge in [-0.1, -0.05) is 19.3 Å². The lowest BCUT2D eigenvalue weighted by atomic mass is 9.69. The Morgan fingerprint density at radius 1 is 1.25 bits per heavy atom. The fourth-order valence-corrected chi connectivity index (χ4v) is 3.83. The summed E-state index contributed by atoms with van der Waals surface area (Å²) in [7, 11) is 1.90. The third-order valence-electron chi connectivity index (χ3n) is 5.04. The van der Waals surface area contributed by atoms with Crippen molar-refractivity contribution >= 4 is 10.9 Å². The smallest absolute Gasteiger partial charge is 0.147 e. The fourth-order valence-electron chi connectivity index (χ4n) is 3.83. The molecule has 0 aliphatic heterocycles. The number of hydrogen-bond acceptors (Lipinski definition) is 1. The summed E-state index contributed by atoms with van der Waals surface area (Å²) in [6.07, 6.45) is 7.83. The minimum Gasteiger partial charge on any atom is -0.348 e. The Labute approximate surface area is 119 Å². The monoisotopic (exact) mass is 274 g/mol. The Hall–Kier alpha value is -1.35. The molecule has 20 heavy (non-hydrogen) atoms. The van der Waals surface area contributed by atoms with Crippen molar-refractivity contribution in [2.45, 2.75) is 44.4 Å². The van der Waals surface area contributed by atoms with Crippen LogP contribution < -0.4 is 5.73 Å². The third kappa shape index (κ3) is 1.96. The van der Waals surface area contributed by atoms with Gasteiger partial charge in [0.15, 0.2) is 0 Å². The maximum absolute atomic E-state index is 14.5. The van der Waals surface area contributed by atoms with Crippen molar-refractivity contribution in [3.8, 4) is 0 Å². The zero-order valence-corrected chi connectivity index (χ0v) is 12.4. The van der Waals surface area contributed by atoms with Crippen LogP contribution in [-0.2, 0) is 12.5 Å². The minimum absolute atomic E-state index is 0.0183. The number of hydrogen-bond donors (Lipinski definition) is 1. The van der Waals surface area contributed by atoms with E-state index in [0.29, 0.717) is 12.1 Å². The summed E-state index contributed by atoms with van der Waals surface area (Å²) in [4.78, 5) is 0. The zero-order chi connectivity index (χ0) is 14.3. The number of rotatable bonds is 2. The standard InChI is InChI=1S/C17H23FN2/c1-12-10-20(2)16-14(12)8-13(9-15(16)18)17(11-19)6-4-3-5-7-17/h8-10H,3-7,11,19H2,1-2H3. The van der Waals surface area contributed by atoms with Crippen molar-refractivity contribution in [3.63, 3.8) is 0 Å². The molecule has 2 aromatic rings. The Bertz CT molecular complexity index is 636. The molecule has 1 fully saturated rings. The summed E-state index contributed by atoms with van der Waals surface area (Å²) in [5.41, 5.74) is 8.99. The number of nitrogens with zero attached hydrogens (tertiary/aromatic N) is 1. The number of halogens is 1. The fraction of sp³-hybridized carbons (Fsp3) is 0.529. The van der Waals surface area contributed by atoms with E-state index in [1.165, 1.54) is 19.3 Å². The highest BCUT2D eigenvalue weighted by molar-refractivity contribution is 5.85. The van der Waals surface area contributed by atoms with Gasteiger partial charge in [-0.05, 0) is 43.0 Å². The van der Waals surface area contributed by atoms with Gasteiger partial charge in [0, 0.05) is 30.6 Å². The molecule has 0 saturated heterocycles. The molecular formula is C17H23FN2. The largest absolute Gasteiger partial charge is 0.348 e. The van der Waals surface area contributed by atoms with E-state index >= 15 is 0 Å². The first-order valence-corrected chi connectivity index (χ1v) is 7.53. The highest BCUT2D eigenvalue weighted by Gasteiger charge is 2.33. The van der Waals surface area contributed by atoms with Crippen LogP contribution in [0.25, 0.3) is 10.9 Å². The first-order valence-electron chi connectivity index (χ1n) is 7.53. The lowest BCUT2D eigenvalue weighted by Gasteiger charge is -2.37. The van der Waals surface area contributed by atoms with Crippen LogP contribution in [0.3, 0.4) is 0 Å². The summed E-state index contributed by atoms with van der Waals surface area (Å²) in [5, 5.41) is 1.03. The molecule has 2 N–H and O–H groups in total. The predicted octanol–water partition coefficient (Wildman–Crippen LogP) is 3.79. The Balaban J connectivity index is 2.18. The first-order chi connectivity index (χ1) is 9.57. The second-order valence-corrected chi connectivity index (χ2v) is 6.32. The molecule has 0 atom stereocenters. The number of fused-ring (bicyclic) bond motifs is 1. The molecule has 3 rings (SSSR count). The van der Waals surface area contributed by atoms with E-state index < -0.39 is 0 Å². The first kappa shape index (κ1) is 13.6. The van der Waals surface area contributed by atoms with Crippen LogP contribution in [0.4, 0.5) is 4.39 Å². The van der Waals surface area contributed by atoms with E-state index in [1.54, 1.807) is 6.07 Å². The molecule has 1 aromatic heterocycles. The summed E-state index contributed by atoms with van der Waals surface area (Å²) in [5.74, 6) is -0.119. The predicted molar refractivity (Wildman–Crippen MR) is 81.4 cm³/mol. The Morgan fingerprint density at radius 2 is 1.95 bits per heavy atom. The molecule has 0 spiro atoms. The van der Waals surface area contributed by atoms with E-state index in [2.05, 4.69) is 6.07 Å². The average molecular weight is 274 g/mol. The van der Waals surface area contributed by atoms with Gasteiger partial charge < -0.3 is 10.3 Å². The lowest BCUT2D eigenvalue weighted by molar-refractivity contribution is 0.300. The van der Waals surface area contributed by atoms with Crippen LogP contribution >= 0.6 is 0 Å². The topological polar surface area (TPSA) is 30.9 Å². The third-order valence-corrected chi connectivity index (χ3v) is 5.04. The number of aromatic nitrogens is 1. The van der Waals surface area contributed by atoms with Crippen LogP contribution in [0.15, 0.2) is 18.3 Å².